The molecule has 0 saturated carbocycles. The number of furan rings is 1. The first-order valence-corrected chi connectivity index (χ1v) is 7.26. The van der Waals surface area contributed by atoms with Crippen molar-refractivity contribution in [1.82, 2.24) is 0 Å². The van der Waals surface area contributed by atoms with Gasteiger partial charge in [0.1, 0.15) is 5.76 Å². The molecular formula is C11H14O5S. The largest absolute Gasteiger partial charge is 0.481 e. The van der Waals surface area contributed by atoms with Crippen molar-refractivity contribution in [1.29, 1.82) is 0 Å². The van der Waals surface area contributed by atoms with E-state index in [1.165, 1.54) is 6.26 Å². The second kappa shape index (κ2) is 4.52. The van der Waals surface area contributed by atoms with Crippen molar-refractivity contribution in [2.24, 2.45) is 11.8 Å². The molecule has 0 radical (unpaired) electrons. The zero-order valence-corrected chi connectivity index (χ0v) is 10.0. The molecule has 0 amide bonds. The third-order valence-corrected chi connectivity index (χ3v) is 4.95. The SMILES string of the molecule is O=C(O)C(Cc1ccco1)C1CCS(=O)(=O)C1. The minimum Gasteiger partial charge on any atom is -0.481 e. The van der Waals surface area contributed by atoms with Crippen molar-refractivity contribution in [3.63, 3.8) is 0 Å². The zero-order valence-electron chi connectivity index (χ0n) is 9.20. The van der Waals surface area contributed by atoms with E-state index in [0.717, 1.165) is 0 Å². The van der Waals surface area contributed by atoms with E-state index in [1.54, 1.807) is 12.1 Å². The van der Waals surface area contributed by atoms with Gasteiger partial charge in [0.25, 0.3) is 0 Å². The Labute approximate surface area is 99.4 Å². The average molecular weight is 258 g/mol. The third-order valence-electron chi connectivity index (χ3n) is 3.16. The Kier molecular flexibility index (Phi) is 3.24. The molecule has 1 fully saturated rings. The fraction of sp³-hybridized carbons (Fsp3) is 0.545. The lowest BCUT2D eigenvalue weighted by molar-refractivity contribution is -0.143. The number of rotatable bonds is 4. The van der Waals surface area contributed by atoms with Crippen LogP contribution in [-0.2, 0) is 21.1 Å². The molecular weight excluding hydrogens is 244 g/mol. The molecule has 0 aliphatic carbocycles. The van der Waals surface area contributed by atoms with Crippen LogP contribution in [0.5, 0.6) is 0 Å². The topological polar surface area (TPSA) is 84.6 Å². The molecule has 1 aromatic heterocycles. The van der Waals surface area contributed by atoms with Gasteiger partial charge in [-0.05, 0) is 24.5 Å². The second-order valence-corrected chi connectivity index (χ2v) is 6.62. The Bertz CT molecular complexity index is 488. The molecule has 94 valence electrons. The van der Waals surface area contributed by atoms with Crippen LogP contribution in [0.2, 0.25) is 0 Å². The molecule has 0 aromatic carbocycles. The van der Waals surface area contributed by atoms with Gasteiger partial charge in [0.2, 0.25) is 0 Å². The van der Waals surface area contributed by atoms with E-state index in [-0.39, 0.29) is 23.8 Å². The summed E-state index contributed by atoms with van der Waals surface area (Å²) < 4.78 is 27.8. The second-order valence-electron chi connectivity index (χ2n) is 4.39. The van der Waals surface area contributed by atoms with Gasteiger partial charge in [-0.3, -0.25) is 4.79 Å². The van der Waals surface area contributed by atoms with Crippen LogP contribution in [0.4, 0.5) is 0 Å². The molecule has 1 aromatic rings. The highest BCUT2D eigenvalue weighted by Crippen LogP contribution is 2.29. The normalized spacial score (nSPS) is 24.6. The molecule has 2 atom stereocenters. The van der Waals surface area contributed by atoms with Crippen LogP contribution >= 0.6 is 0 Å². The molecule has 1 saturated heterocycles. The molecule has 1 N–H and O–H groups in total. The van der Waals surface area contributed by atoms with Crippen LogP contribution in [0.25, 0.3) is 0 Å². The first kappa shape index (κ1) is 12.2. The predicted molar refractivity (Wildman–Crippen MR) is 60.3 cm³/mol. The predicted octanol–water partition coefficient (Wildman–Crippen LogP) is 0.958. The summed E-state index contributed by atoms with van der Waals surface area (Å²) in [6, 6.07) is 3.40. The highest BCUT2D eigenvalue weighted by Gasteiger charge is 2.37. The lowest BCUT2D eigenvalue weighted by Gasteiger charge is -2.16. The molecule has 1 aliphatic heterocycles. The Morgan fingerprint density at radius 2 is 2.35 bits per heavy atom. The van der Waals surface area contributed by atoms with Crippen LogP contribution < -0.4 is 0 Å². The standard InChI is InChI=1S/C11H14O5S/c12-11(13)10(6-9-2-1-4-16-9)8-3-5-17(14,15)7-8/h1-2,4,8,10H,3,5-7H2,(H,12,13). The van der Waals surface area contributed by atoms with Crippen LogP contribution in [0, 0.1) is 11.8 Å². The first-order valence-electron chi connectivity index (χ1n) is 5.43. The number of carboxylic acid groups (broad SMARTS) is 1. The van der Waals surface area contributed by atoms with Crippen LogP contribution in [0.3, 0.4) is 0 Å². The van der Waals surface area contributed by atoms with Crippen LogP contribution in [0.15, 0.2) is 22.8 Å². The molecule has 6 heteroatoms. The summed E-state index contributed by atoms with van der Waals surface area (Å²) in [7, 11) is -3.05. The van der Waals surface area contributed by atoms with Gasteiger partial charge in [-0.15, -0.1) is 0 Å². The Balaban J connectivity index is 2.11. The van der Waals surface area contributed by atoms with E-state index >= 15 is 0 Å². The molecule has 17 heavy (non-hydrogen) atoms. The number of hydrogen-bond donors (Lipinski definition) is 1. The minimum atomic E-state index is -3.05. The van der Waals surface area contributed by atoms with Crippen LogP contribution in [-0.4, -0.2) is 31.0 Å². The summed E-state index contributed by atoms with van der Waals surface area (Å²) in [5, 5.41) is 9.17. The number of carbonyl (C=O) groups is 1. The van der Waals surface area contributed by atoms with E-state index in [1.807, 2.05) is 0 Å². The molecule has 5 nitrogen and oxygen atoms in total. The molecule has 2 rings (SSSR count). The molecule has 1 aliphatic rings. The highest BCUT2D eigenvalue weighted by molar-refractivity contribution is 7.91. The fourth-order valence-corrected chi connectivity index (χ4v) is 4.12. The van der Waals surface area contributed by atoms with Gasteiger partial charge < -0.3 is 9.52 Å². The van der Waals surface area contributed by atoms with E-state index < -0.39 is 21.7 Å². The number of aliphatic carboxylic acids is 1. The molecule has 0 spiro atoms. The van der Waals surface area contributed by atoms with Crippen LogP contribution in [0.1, 0.15) is 12.2 Å². The quantitative estimate of drug-likeness (QED) is 0.869. The zero-order chi connectivity index (χ0) is 12.5. The van der Waals surface area contributed by atoms with Crippen molar-refractivity contribution in [2.45, 2.75) is 12.8 Å². The monoisotopic (exact) mass is 258 g/mol. The fourth-order valence-electron chi connectivity index (χ4n) is 2.24. The van der Waals surface area contributed by atoms with Crippen molar-refractivity contribution in [2.75, 3.05) is 11.5 Å². The maximum atomic E-state index is 11.4. The maximum Gasteiger partial charge on any atom is 0.307 e. The van der Waals surface area contributed by atoms with E-state index in [9.17, 15) is 13.2 Å². The van der Waals surface area contributed by atoms with Gasteiger partial charge in [-0.25, -0.2) is 8.42 Å². The average Bonchev–Trinajstić information content (AvgIpc) is 2.83. The Hall–Kier alpha value is -1.30. The lowest BCUT2D eigenvalue weighted by atomic mass is 9.88. The first-order chi connectivity index (χ1) is 7.98. The van der Waals surface area contributed by atoms with Gasteiger partial charge in [-0.2, -0.15) is 0 Å². The van der Waals surface area contributed by atoms with E-state index in [4.69, 9.17) is 9.52 Å². The summed E-state index contributed by atoms with van der Waals surface area (Å²) >= 11 is 0. The van der Waals surface area contributed by atoms with Gasteiger partial charge in [0, 0.05) is 6.42 Å². The van der Waals surface area contributed by atoms with Crippen molar-refractivity contribution in [3.8, 4) is 0 Å². The maximum absolute atomic E-state index is 11.4. The van der Waals surface area contributed by atoms with E-state index in [2.05, 4.69) is 0 Å². The number of carboxylic acids is 1. The summed E-state index contributed by atoms with van der Waals surface area (Å²) in [4.78, 5) is 11.2. The van der Waals surface area contributed by atoms with E-state index in [0.29, 0.717) is 12.2 Å². The summed E-state index contributed by atoms with van der Waals surface area (Å²) in [6.45, 7) is 0. The molecule has 0 bridgehead atoms. The van der Waals surface area contributed by atoms with Gasteiger partial charge in [0.15, 0.2) is 9.84 Å². The number of sulfone groups is 1. The lowest BCUT2D eigenvalue weighted by Crippen LogP contribution is -2.26. The highest BCUT2D eigenvalue weighted by atomic mass is 32.2. The smallest absolute Gasteiger partial charge is 0.307 e. The van der Waals surface area contributed by atoms with Gasteiger partial charge in [0.05, 0.1) is 23.7 Å². The molecule has 2 unspecified atom stereocenters. The summed E-state index contributed by atoms with van der Waals surface area (Å²) in [6.07, 6.45) is 2.17. The van der Waals surface area contributed by atoms with Gasteiger partial charge >= 0.3 is 5.97 Å². The minimum absolute atomic E-state index is 0.0231. The number of hydrogen-bond acceptors (Lipinski definition) is 4. The summed E-state index contributed by atoms with van der Waals surface area (Å²) in [5.41, 5.74) is 0. The Morgan fingerprint density at radius 3 is 2.82 bits per heavy atom. The third kappa shape index (κ3) is 2.88. The Morgan fingerprint density at radius 1 is 1.59 bits per heavy atom. The van der Waals surface area contributed by atoms with Crippen molar-refractivity contribution >= 4 is 15.8 Å². The summed E-state index contributed by atoms with van der Waals surface area (Å²) in [5.74, 6) is -1.28. The molecule has 2 heterocycles. The van der Waals surface area contributed by atoms with Gasteiger partial charge in [-0.1, -0.05) is 0 Å². The van der Waals surface area contributed by atoms with Crippen molar-refractivity contribution in [3.05, 3.63) is 24.2 Å². The van der Waals surface area contributed by atoms with Crippen molar-refractivity contribution < 1.29 is 22.7 Å².